The molecule has 0 aliphatic carbocycles. The maximum atomic E-state index is 12.8. The molecule has 140 valence electrons. The van der Waals surface area contributed by atoms with Crippen LogP contribution in [0.25, 0.3) is 0 Å². The second-order valence-electron chi connectivity index (χ2n) is 7.46. The average molecular weight is 348 g/mol. The van der Waals surface area contributed by atoms with Gasteiger partial charge in [0.2, 0.25) is 5.91 Å². The van der Waals surface area contributed by atoms with Crippen LogP contribution in [0.4, 0.5) is 0 Å². The van der Waals surface area contributed by atoms with Crippen LogP contribution >= 0.6 is 0 Å². The summed E-state index contributed by atoms with van der Waals surface area (Å²) >= 11 is 0. The Balaban J connectivity index is 1.58. The van der Waals surface area contributed by atoms with Crippen LogP contribution in [0.1, 0.15) is 36.7 Å². The van der Waals surface area contributed by atoms with Gasteiger partial charge < -0.3 is 9.64 Å². The van der Waals surface area contributed by atoms with Gasteiger partial charge in [0, 0.05) is 51.4 Å². The molecule has 3 rings (SSSR count). The van der Waals surface area contributed by atoms with Crippen molar-refractivity contribution in [2.45, 2.75) is 46.1 Å². The van der Waals surface area contributed by atoms with Crippen LogP contribution in [0.3, 0.4) is 0 Å². The number of carbonyl (C=O) groups is 1. The van der Waals surface area contributed by atoms with Gasteiger partial charge in [-0.1, -0.05) is 13.3 Å². The maximum absolute atomic E-state index is 12.8. The number of carbonyl (C=O) groups excluding carboxylic acids is 1. The lowest BCUT2D eigenvalue weighted by atomic mass is 9.99. The highest BCUT2D eigenvalue weighted by Crippen LogP contribution is 2.26. The molecule has 0 N–H and O–H groups in total. The lowest BCUT2D eigenvalue weighted by Crippen LogP contribution is -2.47. The number of nitrogens with zero attached hydrogens (tertiary/aromatic N) is 4. The van der Waals surface area contributed by atoms with Crippen molar-refractivity contribution in [1.82, 2.24) is 19.6 Å². The van der Waals surface area contributed by atoms with Crippen LogP contribution in [-0.2, 0) is 23.0 Å². The van der Waals surface area contributed by atoms with Crippen molar-refractivity contribution in [2.24, 2.45) is 13.0 Å². The Morgan fingerprint density at radius 2 is 1.96 bits per heavy atom. The Morgan fingerprint density at radius 3 is 2.56 bits per heavy atom. The first-order chi connectivity index (χ1) is 12.0. The zero-order valence-corrected chi connectivity index (χ0v) is 16.1. The summed E-state index contributed by atoms with van der Waals surface area (Å²) in [5, 5.41) is 4.46. The minimum absolute atomic E-state index is 0.289. The minimum atomic E-state index is 0.289. The fourth-order valence-corrected chi connectivity index (χ4v) is 4.35. The topological polar surface area (TPSA) is 50.6 Å². The number of ether oxygens (including phenoxy) is 1. The number of aromatic nitrogens is 2. The number of morpholine rings is 1. The molecule has 1 aromatic rings. The highest BCUT2D eigenvalue weighted by molar-refractivity contribution is 5.77. The molecule has 2 unspecified atom stereocenters. The van der Waals surface area contributed by atoms with E-state index in [2.05, 4.69) is 28.7 Å². The predicted octanol–water partition coefficient (Wildman–Crippen LogP) is 1.54. The molecular formula is C19H32N4O2. The van der Waals surface area contributed by atoms with Gasteiger partial charge in [0.1, 0.15) is 0 Å². The minimum Gasteiger partial charge on any atom is -0.379 e. The van der Waals surface area contributed by atoms with Crippen molar-refractivity contribution >= 4 is 5.91 Å². The Morgan fingerprint density at radius 1 is 1.24 bits per heavy atom. The van der Waals surface area contributed by atoms with Gasteiger partial charge >= 0.3 is 0 Å². The van der Waals surface area contributed by atoms with E-state index < -0.39 is 0 Å². The first kappa shape index (κ1) is 18.4. The molecule has 0 bridgehead atoms. The fraction of sp³-hybridized carbons (Fsp3) is 0.789. The number of amides is 1. The van der Waals surface area contributed by atoms with E-state index in [1.54, 1.807) is 0 Å². The molecule has 0 radical (unpaired) electrons. The molecule has 2 saturated heterocycles. The van der Waals surface area contributed by atoms with E-state index in [0.717, 1.165) is 57.9 Å². The van der Waals surface area contributed by atoms with E-state index in [-0.39, 0.29) is 5.91 Å². The van der Waals surface area contributed by atoms with Crippen molar-refractivity contribution in [3.05, 3.63) is 17.0 Å². The SMILES string of the molecule is CCC1CN(C(=O)CCc2c(C)nn(C)c2C)CC1N1CCOCC1. The monoisotopic (exact) mass is 348 g/mol. The van der Waals surface area contributed by atoms with Gasteiger partial charge in [-0.05, 0) is 31.7 Å². The normalized spacial score (nSPS) is 24.9. The maximum Gasteiger partial charge on any atom is 0.222 e. The lowest BCUT2D eigenvalue weighted by molar-refractivity contribution is -0.130. The number of hydrogen-bond acceptors (Lipinski definition) is 4. The molecule has 2 atom stereocenters. The van der Waals surface area contributed by atoms with Crippen molar-refractivity contribution in [2.75, 3.05) is 39.4 Å². The van der Waals surface area contributed by atoms with Crippen LogP contribution in [0.2, 0.25) is 0 Å². The first-order valence-electron chi connectivity index (χ1n) is 9.59. The van der Waals surface area contributed by atoms with Crippen molar-refractivity contribution in [3.63, 3.8) is 0 Å². The van der Waals surface area contributed by atoms with Gasteiger partial charge in [-0.25, -0.2) is 0 Å². The summed E-state index contributed by atoms with van der Waals surface area (Å²) in [4.78, 5) is 17.4. The summed E-state index contributed by atoms with van der Waals surface area (Å²) < 4.78 is 7.39. The van der Waals surface area contributed by atoms with E-state index in [9.17, 15) is 4.79 Å². The van der Waals surface area contributed by atoms with Gasteiger partial charge in [-0.3, -0.25) is 14.4 Å². The molecule has 1 amide bonds. The van der Waals surface area contributed by atoms with E-state index in [1.807, 2.05) is 18.7 Å². The van der Waals surface area contributed by atoms with Crippen molar-refractivity contribution in [3.8, 4) is 0 Å². The third-order valence-corrected chi connectivity index (χ3v) is 6.05. The Hall–Kier alpha value is -1.40. The molecule has 2 aliphatic rings. The molecule has 0 spiro atoms. The summed E-state index contributed by atoms with van der Waals surface area (Å²) in [6.07, 6.45) is 2.51. The van der Waals surface area contributed by atoms with Crippen LogP contribution in [0.5, 0.6) is 0 Å². The lowest BCUT2D eigenvalue weighted by Gasteiger charge is -2.34. The van der Waals surface area contributed by atoms with Gasteiger partial charge in [0.15, 0.2) is 0 Å². The molecule has 0 aromatic carbocycles. The van der Waals surface area contributed by atoms with Crippen molar-refractivity contribution in [1.29, 1.82) is 0 Å². The molecular weight excluding hydrogens is 316 g/mol. The highest BCUT2D eigenvalue weighted by atomic mass is 16.5. The van der Waals surface area contributed by atoms with E-state index in [4.69, 9.17) is 4.74 Å². The van der Waals surface area contributed by atoms with E-state index in [0.29, 0.717) is 18.4 Å². The van der Waals surface area contributed by atoms with Crippen molar-refractivity contribution < 1.29 is 9.53 Å². The molecule has 2 fully saturated rings. The zero-order valence-electron chi connectivity index (χ0n) is 16.1. The summed E-state index contributed by atoms with van der Waals surface area (Å²) in [7, 11) is 1.97. The Labute approximate surface area is 151 Å². The number of aryl methyl sites for hydroxylation is 2. The molecule has 2 aliphatic heterocycles. The average Bonchev–Trinajstić information content (AvgIpc) is 3.16. The van der Waals surface area contributed by atoms with Crippen LogP contribution in [0.15, 0.2) is 0 Å². The third kappa shape index (κ3) is 3.90. The molecule has 1 aromatic heterocycles. The largest absolute Gasteiger partial charge is 0.379 e. The predicted molar refractivity (Wildman–Crippen MR) is 97.5 cm³/mol. The third-order valence-electron chi connectivity index (χ3n) is 6.05. The number of likely N-dealkylation sites (tertiary alicyclic amines) is 1. The number of rotatable bonds is 5. The second-order valence-corrected chi connectivity index (χ2v) is 7.46. The van der Waals surface area contributed by atoms with Crippen LogP contribution in [0, 0.1) is 19.8 Å². The fourth-order valence-electron chi connectivity index (χ4n) is 4.35. The summed E-state index contributed by atoms with van der Waals surface area (Å²) in [5.74, 6) is 0.876. The van der Waals surface area contributed by atoms with Crippen LogP contribution < -0.4 is 0 Å². The van der Waals surface area contributed by atoms with Gasteiger partial charge in [-0.2, -0.15) is 5.10 Å². The quantitative estimate of drug-likeness (QED) is 0.810. The Kier molecular flexibility index (Phi) is 5.79. The van der Waals surface area contributed by atoms with E-state index >= 15 is 0 Å². The van der Waals surface area contributed by atoms with Gasteiger partial charge in [-0.15, -0.1) is 0 Å². The molecule has 6 heteroatoms. The summed E-state index contributed by atoms with van der Waals surface area (Å²) in [5.41, 5.74) is 3.45. The van der Waals surface area contributed by atoms with E-state index in [1.165, 1.54) is 11.3 Å². The molecule has 25 heavy (non-hydrogen) atoms. The highest BCUT2D eigenvalue weighted by Gasteiger charge is 2.37. The smallest absolute Gasteiger partial charge is 0.222 e. The van der Waals surface area contributed by atoms with Gasteiger partial charge in [0.05, 0.1) is 18.9 Å². The molecule has 6 nitrogen and oxygen atoms in total. The first-order valence-corrected chi connectivity index (χ1v) is 9.59. The van der Waals surface area contributed by atoms with Gasteiger partial charge in [0.25, 0.3) is 0 Å². The number of hydrogen-bond donors (Lipinski definition) is 0. The second kappa shape index (κ2) is 7.87. The molecule has 3 heterocycles. The van der Waals surface area contributed by atoms with Crippen LogP contribution in [-0.4, -0.2) is 70.9 Å². The molecule has 0 saturated carbocycles. The Bertz CT molecular complexity index is 607. The standard InChI is InChI=1S/C19H32N4O2/c1-5-16-12-23(13-18(16)22-8-10-25-11-9-22)19(24)7-6-17-14(2)20-21(4)15(17)3/h16,18H,5-13H2,1-4H3. The zero-order chi connectivity index (χ0) is 18.0. The summed E-state index contributed by atoms with van der Waals surface area (Å²) in [6.45, 7) is 11.8. The summed E-state index contributed by atoms with van der Waals surface area (Å²) in [6, 6.07) is 0.500.